The zero-order valence-corrected chi connectivity index (χ0v) is 13.3. The van der Waals surface area contributed by atoms with Crippen molar-refractivity contribution in [3.05, 3.63) is 56.4 Å². The highest BCUT2D eigenvalue weighted by Gasteiger charge is 2.07. The van der Waals surface area contributed by atoms with Crippen molar-refractivity contribution in [3.63, 3.8) is 0 Å². The largest absolute Gasteiger partial charge is 0.379 e. The molecule has 1 aromatic carbocycles. The molecule has 0 radical (unpaired) electrons. The first kappa shape index (κ1) is 15.2. The lowest BCUT2D eigenvalue weighted by Gasteiger charge is -2.09. The number of hydrogen-bond donors (Lipinski definition) is 2. The van der Waals surface area contributed by atoms with Crippen LogP contribution >= 0.6 is 15.9 Å². The van der Waals surface area contributed by atoms with Crippen molar-refractivity contribution < 1.29 is 4.79 Å². The van der Waals surface area contributed by atoms with Crippen LogP contribution in [0.1, 0.15) is 15.9 Å². The SMILES string of the molecule is CNC(=O)c1ccc(CNc2cnn(C)c(=O)c2Br)cc1. The van der Waals surface area contributed by atoms with Crippen molar-refractivity contribution in [2.45, 2.75) is 6.54 Å². The van der Waals surface area contributed by atoms with Gasteiger partial charge in [-0.05, 0) is 33.6 Å². The van der Waals surface area contributed by atoms with E-state index in [-0.39, 0.29) is 11.5 Å². The van der Waals surface area contributed by atoms with Crippen molar-refractivity contribution in [1.29, 1.82) is 0 Å². The number of aryl methyl sites for hydroxylation is 1. The Balaban J connectivity index is 2.08. The third-order valence-electron chi connectivity index (χ3n) is 3.00. The lowest BCUT2D eigenvalue weighted by atomic mass is 10.1. The summed E-state index contributed by atoms with van der Waals surface area (Å²) in [5.74, 6) is -0.118. The van der Waals surface area contributed by atoms with E-state index in [0.29, 0.717) is 22.3 Å². The van der Waals surface area contributed by atoms with Crippen LogP contribution in [0.4, 0.5) is 5.69 Å². The van der Waals surface area contributed by atoms with Crippen LogP contribution in [0.25, 0.3) is 0 Å². The van der Waals surface area contributed by atoms with Gasteiger partial charge >= 0.3 is 0 Å². The Morgan fingerprint density at radius 1 is 1.33 bits per heavy atom. The first-order valence-corrected chi connectivity index (χ1v) is 7.09. The fourth-order valence-corrected chi connectivity index (χ4v) is 2.25. The number of halogens is 1. The number of benzene rings is 1. The van der Waals surface area contributed by atoms with Crippen molar-refractivity contribution in [2.24, 2.45) is 7.05 Å². The van der Waals surface area contributed by atoms with Crippen LogP contribution < -0.4 is 16.2 Å². The van der Waals surface area contributed by atoms with Crippen molar-refractivity contribution >= 4 is 27.5 Å². The minimum atomic E-state index is -0.199. The van der Waals surface area contributed by atoms with E-state index in [1.807, 2.05) is 12.1 Å². The standard InChI is InChI=1S/C14H15BrN4O2/c1-16-13(20)10-5-3-9(4-6-10)7-17-11-8-18-19(2)14(21)12(11)15/h3-6,8,17H,7H2,1-2H3,(H,16,20). The predicted octanol–water partition coefficient (Wildman–Crippen LogP) is 1.51. The number of nitrogens with one attached hydrogen (secondary N) is 2. The van der Waals surface area contributed by atoms with Crippen LogP contribution in [0.5, 0.6) is 0 Å². The number of anilines is 1. The van der Waals surface area contributed by atoms with Crippen LogP contribution in [0.2, 0.25) is 0 Å². The molecule has 6 nitrogen and oxygen atoms in total. The van der Waals surface area contributed by atoms with Crippen LogP contribution in [-0.4, -0.2) is 22.7 Å². The number of rotatable bonds is 4. The van der Waals surface area contributed by atoms with Crippen LogP contribution in [0.15, 0.2) is 39.7 Å². The van der Waals surface area contributed by atoms with E-state index in [9.17, 15) is 9.59 Å². The summed E-state index contributed by atoms with van der Waals surface area (Å²) in [6.45, 7) is 0.529. The second-order valence-electron chi connectivity index (χ2n) is 4.43. The predicted molar refractivity (Wildman–Crippen MR) is 84.3 cm³/mol. The van der Waals surface area contributed by atoms with Crippen molar-refractivity contribution in [2.75, 3.05) is 12.4 Å². The van der Waals surface area contributed by atoms with Gasteiger partial charge < -0.3 is 10.6 Å². The van der Waals surface area contributed by atoms with Gasteiger partial charge in [0.1, 0.15) is 4.47 Å². The molecular formula is C14H15BrN4O2. The maximum absolute atomic E-state index is 11.7. The Morgan fingerprint density at radius 3 is 2.62 bits per heavy atom. The number of aromatic nitrogens is 2. The van der Waals surface area contributed by atoms with E-state index in [4.69, 9.17) is 0 Å². The van der Waals surface area contributed by atoms with Crippen molar-refractivity contribution in [1.82, 2.24) is 15.1 Å². The molecular weight excluding hydrogens is 336 g/mol. The lowest BCUT2D eigenvalue weighted by molar-refractivity contribution is 0.0963. The van der Waals surface area contributed by atoms with Gasteiger partial charge in [0.25, 0.3) is 11.5 Å². The van der Waals surface area contributed by atoms with E-state index >= 15 is 0 Å². The van der Waals surface area contributed by atoms with Gasteiger partial charge in [-0.15, -0.1) is 0 Å². The van der Waals surface area contributed by atoms with Crippen LogP contribution in [0, 0.1) is 0 Å². The van der Waals surface area contributed by atoms with Gasteiger partial charge in [0, 0.05) is 26.2 Å². The molecule has 0 spiro atoms. The van der Waals surface area contributed by atoms with Gasteiger partial charge in [-0.1, -0.05) is 12.1 Å². The minimum Gasteiger partial charge on any atom is -0.379 e. The second-order valence-corrected chi connectivity index (χ2v) is 5.22. The number of nitrogens with zero attached hydrogens (tertiary/aromatic N) is 2. The summed E-state index contributed by atoms with van der Waals surface area (Å²) in [5, 5.41) is 9.67. The minimum absolute atomic E-state index is 0.118. The van der Waals surface area contributed by atoms with E-state index in [1.54, 1.807) is 32.4 Å². The monoisotopic (exact) mass is 350 g/mol. The highest BCUT2D eigenvalue weighted by atomic mass is 79.9. The van der Waals surface area contributed by atoms with Crippen LogP contribution in [-0.2, 0) is 13.6 Å². The second kappa shape index (κ2) is 6.53. The third-order valence-corrected chi connectivity index (χ3v) is 3.77. The molecule has 0 aliphatic rings. The Kier molecular flexibility index (Phi) is 4.74. The smallest absolute Gasteiger partial charge is 0.282 e. The van der Waals surface area contributed by atoms with E-state index < -0.39 is 0 Å². The molecule has 2 rings (SSSR count). The number of amides is 1. The molecule has 0 atom stereocenters. The fourth-order valence-electron chi connectivity index (χ4n) is 1.75. The maximum atomic E-state index is 11.7. The first-order valence-electron chi connectivity index (χ1n) is 6.29. The molecule has 0 saturated heterocycles. The normalized spacial score (nSPS) is 10.2. The molecule has 0 saturated carbocycles. The Hall–Kier alpha value is -2.15. The number of carbonyl (C=O) groups excluding carboxylic acids is 1. The molecule has 0 bridgehead atoms. The van der Waals surface area contributed by atoms with Gasteiger partial charge in [-0.3, -0.25) is 9.59 Å². The van der Waals surface area contributed by atoms with Gasteiger partial charge in [0.2, 0.25) is 0 Å². The van der Waals surface area contributed by atoms with E-state index in [0.717, 1.165) is 5.56 Å². The Labute approximate surface area is 130 Å². The molecule has 110 valence electrons. The number of carbonyl (C=O) groups is 1. The summed E-state index contributed by atoms with van der Waals surface area (Å²) in [7, 11) is 3.19. The zero-order chi connectivity index (χ0) is 15.4. The number of hydrogen-bond acceptors (Lipinski definition) is 4. The Bertz CT molecular complexity index is 710. The summed E-state index contributed by atoms with van der Waals surface area (Å²) >= 11 is 3.26. The molecule has 0 fully saturated rings. The quantitative estimate of drug-likeness (QED) is 0.876. The average molecular weight is 351 g/mol. The van der Waals surface area contributed by atoms with Crippen LogP contribution in [0.3, 0.4) is 0 Å². The van der Waals surface area contributed by atoms with E-state index in [1.165, 1.54) is 4.68 Å². The summed E-state index contributed by atoms with van der Waals surface area (Å²) in [5.41, 5.74) is 2.04. The first-order chi connectivity index (χ1) is 10.0. The average Bonchev–Trinajstić information content (AvgIpc) is 2.52. The summed E-state index contributed by atoms with van der Waals surface area (Å²) < 4.78 is 1.70. The van der Waals surface area contributed by atoms with Gasteiger partial charge in [-0.2, -0.15) is 5.10 Å². The molecule has 1 amide bonds. The van der Waals surface area contributed by atoms with Gasteiger partial charge in [-0.25, -0.2) is 4.68 Å². The topological polar surface area (TPSA) is 76.0 Å². The molecule has 7 heteroatoms. The third kappa shape index (κ3) is 3.49. The van der Waals surface area contributed by atoms with Crippen molar-refractivity contribution in [3.8, 4) is 0 Å². The fraction of sp³-hybridized carbons (Fsp3) is 0.214. The lowest BCUT2D eigenvalue weighted by Crippen LogP contribution is -2.21. The maximum Gasteiger partial charge on any atom is 0.282 e. The molecule has 1 aromatic heterocycles. The Morgan fingerprint density at radius 2 is 2.00 bits per heavy atom. The highest BCUT2D eigenvalue weighted by molar-refractivity contribution is 9.10. The molecule has 0 unspecified atom stereocenters. The summed E-state index contributed by atoms with van der Waals surface area (Å²) in [6.07, 6.45) is 1.59. The molecule has 1 heterocycles. The van der Waals surface area contributed by atoms with Gasteiger partial charge in [0.05, 0.1) is 11.9 Å². The molecule has 2 N–H and O–H groups in total. The summed E-state index contributed by atoms with van der Waals surface area (Å²) in [6, 6.07) is 7.24. The molecule has 0 aliphatic carbocycles. The van der Waals surface area contributed by atoms with E-state index in [2.05, 4.69) is 31.7 Å². The molecule has 21 heavy (non-hydrogen) atoms. The molecule has 2 aromatic rings. The zero-order valence-electron chi connectivity index (χ0n) is 11.7. The van der Waals surface area contributed by atoms with Gasteiger partial charge in [0.15, 0.2) is 0 Å². The highest BCUT2D eigenvalue weighted by Crippen LogP contribution is 2.17. The molecule has 0 aliphatic heterocycles. The summed E-state index contributed by atoms with van der Waals surface area (Å²) in [4.78, 5) is 23.2.